The van der Waals surface area contributed by atoms with E-state index in [9.17, 15) is 4.79 Å². The standard InChI is InChI=1S/C22H24N2O3S/c1-26-16-10-8-14-9-11-20(27-2)18(17(14)12-16)13-19-21(25)24(22(28)23-19)15-6-4-3-5-7-15/h8-13,15H,3-7H2,1-2H3,(H,23,28). The number of thiocarbonyl (C=S) groups is 1. The van der Waals surface area contributed by atoms with Crippen LogP contribution in [0.25, 0.3) is 16.8 Å². The number of rotatable bonds is 4. The number of nitrogens with zero attached hydrogens (tertiary/aromatic N) is 1. The molecule has 1 amide bonds. The Kier molecular flexibility index (Phi) is 5.22. The molecule has 6 heteroatoms. The Morgan fingerprint density at radius 1 is 1.11 bits per heavy atom. The van der Waals surface area contributed by atoms with Gasteiger partial charge in [0.1, 0.15) is 17.2 Å². The van der Waals surface area contributed by atoms with E-state index in [0.29, 0.717) is 16.6 Å². The Labute approximate surface area is 170 Å². The van der Waals surface area contributed by atoms with Crippen molar-refractivity contribution in [2.24, 2.45) is 0 Å². The van der Waals surface area contributed by atoms with E-state index in [0.717, 1.165) is 47.8 Å². The number of ether oxygens (including phenoxy) is 2. The van der Waals surface area contributed by atoms with E-state index in [1.54, 1.807) is 19.1 Å². The number of amides is 1. The topological polar surface area (TPSA) is 50.8 Å². The molecule has 2 aromatic rings. The molecule has 0 atom stereocenters. The highest BCUT2D eigenvalue weighted by molar-refractivity contribution is 7.80. The van der Waals surface area contributed by atoms with Crippen molar-refractivity contribution < 1.29 is 14.3 Å². The molecule has 0 radical (unpaired) electrons. The summed E-state index contributed by atoms with van der Waals surface area (Å²) in [6.45, 7) is 0. The lowest BCUT2D eigenvalue weighted by atomic mass is 9.94. The first-order valence-corrected chi connectivity index (χ1v) is 10.0. The van der Waals surface area contributed by atoms with Gasteiger partial charge in [-0.25, -0.2) is 0 Å². The van der Waals surface area contributed by atoms with Gasteiger partial charge in [0, 0.05) is 11.6 Å². The van der Waals surface area contributed by atoms with Gasteiger partial charge in [-0.3, -0.25) is 9.69 Å². The van der Waals surface area contributed by atoms with Gasteiger partial charge in [-0.2, -0.15) is 0 Å². The average Bonchev–Trinajstić information content (AvgIpc) is 3.01. The number of nitrogens with one attached hydrogen (secondary N) is 1. The molecule has 4 rings (SSSR count). The van der Waals surface area contributed by atoms with Crippen molar-refractivity contribution in [3.05, 3.63) is 41.6 Å². The number of carbonyl (C=O) groups is 1. The van der Waals surface area contributed by atoms with Gasteiger partial charge in [0.15, 0.2) is 5.11 Å². The minimum absolute atomic E-state index is 0.0566. The van der Waals surface area contributed by atoms with E-state index < -0.39 is 0 Å². The van der Waals surface area contributed by atoms with Gasteiger partial charge in [0.2, 0.25) is 0 Å². The Hall–Kier alpha value is -2.60. The second-order valence-electron chi connectivity index (χ2n) is 7.22. The Morgan fingerprint density at radius 3 is 2.57 bits per heavy atom. The van der Waals surface area contributed by atoms with Gasteiger partial charge in [0.05, 0.1) is 14.2 Å². The summed E-state index contributed by atoms with van der Waals surface area (Å²) in [5.41, 5.74) is 1.33. The van der Waals surface area contributed by atoms with Crippen LogP contribution < -0.4 is 14.8 Å². The first-order valence-electron chi connectivity index (χ1n) is 9.63. The molecule has 1 aliphatic carbocycles. The first kappa shape index (κ1) is 18.7. The van der Waals surface area contributed by atoms with Crippen LogP contribution >= 0.6 is 12.2 Å². The molecule has 0 unspecified atom stereocenters. The zero-order valence-corrected chi connectivity index (χ0v) is 17.0. The summed E-state index contributed by atoms with van der Waals surface area (Å²) in [6, 6.07) is 9.99. The van der Waals surface area contributed by atoms with Gasteiger partial charge in [0.25, 0.3) is 5.91 Å². The highest BCUT2D eigenvalue weighted by Gasteiger charge is 2.36. The van der Waals surface area contributed by atoms with Crippen LogP contribution in [-0.2, 0) is 4.79 Å². The second-order valence-corrected chi connectivity index (χ2v) is 7.61. The highest BCUT2D eigenvalue weighted by Crippen LogP contribution is 2.34. The van der Waals surface area contributed by atoms with Crippen molar-refractivity contribution in [2.45, 2.75) is 38.1 Å². The first-order chi connectivity index (χ1) is 13.6. The van der Waals surface area contributed by atoms with E-state index in [1.807, 2.05) is 36.4 Å². The fourth-order valence-electron chi connectivity index (χ4n) is 4.12. The number of hydrogen-bond acceptors (Lipinski definition) is 4. The lowest BCUT2D eigenvalue weighted by Gasteiger charge is -2.29. The third-order valence-corrected chi connectivity index (χ3v) is 5.89. The average molecular weight is 397 g/mol. The van der Waals surface area contributed by atoms with Gasteiger partial charge >= 0.3 is 0 Å². The smallest absolute Gasteiger partial charge is 0.276 e. The van der Waals surface area contributed by atoms with Crippen LogP contribution in [0.4, 0.5) is 0 Å². The van der Waals surface area contributed by atoms with Crippen LogP contribution in [0.5, 0.6) is 11.5 Å². The lowest BCUT2D eigenvalue weighted by Crippen LogP contribution is -2.41. The molecule has 2 fully saturated rings. The number of hydrogen-bond donors (Lipinski definition) is 1. The Balaban J connectivity index is 1.76. The third kappa shape index (κ3) is 3.33. The van der Waals surface area contributed by atoms with Gasteiger partial charge in [-0.15, -0.1) is 0 Å². The molecule has 0 spiro atoms. The van der Waals surface area contributed by atoms with Gasteiger partial charge < -0.3 is 14.8 Å². The number of fused-ring (bicyclic) bond motifs is 1. The highest BCUT2D eigenvalue weighted by atomic mass is 32.1. The zero-order valence-electron chi connectivity index (χ0n) is 16.2. The molecule has 2 aliphatic rings. The van der Waals surface area contributed by atoms with E-state index >= 15 is 0 Å². The largest absolute Gasteiger partial charge is 0.497 e. The second kappa shape index (κ2) is 7.80. The van der Waals surface area contributed by atoms with E-state index in [2.05, 4.69) is 5.32 Å². The van der Waals surface area contributed by atoms with Crippen molar-refractivity contribution in [3.63, 3.8) is 0 Å². The molecular weight excluding hydrogens is 372 g/mol. The summed E-state index contributed by atoms with van der Waals surface area (Å²) in [7, 11) is 3.27. The summed E-state index contributed by atoms with van der Waals surface area (Å²) < 4.78 is 11.0. The maximum Gasteiger partial charge on any atom is 0.276 e. The number of methoxy groups -OCH3 is 2. The molecule has 1 heterocycles. The summed E-state index contributed by atoms with van der Waals surface area (Å²) in [6.07, 6.45) is 7.39. The zero-order chi connectivity index (χ0) is 19.7. The molecular formula is C22H24N2O3S. The summed E-state index contributed by atoms with van der Waals surface area (Å²) in [5.74, 6) is 1.40. The van der Waals surface area contributed by atoms with E-state index in [4.69, 9.17) is 21.7 Å². The Morgan fingerprint density at radius 2 is 1.86 bits per heavy atom. The molecule has 1 saturated heterocycles. The minimum atomic E-state index is -0.0566. The maximum atomic E-state index is 13.1. The van der Waals surface area contributed by atoms with E-state index in [1.165, 1.54) is 6.42 Å². The molecule has 2 aromatic carbocycles. The molecule has 5 nitrogen and oxygen atoms in total. The fraction of sp³-hybridized carbons (Fsp3) is 0.364. The number of carbonyl (C=O) groups excluding carboxylic acids is 1. The van der Waals surface area contributed by atoms with Gasteiger partial charge in [-0.05, 0) is 60.1 Å². The van der Waals surface area contributed by atoms with Crippen LogP contribution in [0.1, 0.15) is 37.7 Å². The van der Waals surface area contributed by atoms with Crippen LogP contribution in [-0.4, -0.2) is 36.2 Å². The molecule has 0 aromatic heterocycles. The monoisotopic (exact) mass is 396 g/mol. The third-order valence-electron chi connectivity index (χ3n) is 5.59. The summed E-state index contributed by atoms with van der Waals surface area (Å²) >= 11 is 5.49. The normalized spacial score (nSPS) is 19.4. The molecule has 1 aliphatic heterocycles. The molecule has 28 heavy (non-hydrogen) atoms. The van der Waals surface area contributed by atoms with Crippen molar-refractivity contribution in [2.75, 3.05) is 14.2 Å². The fourth-order valence-corrected chi connectivity index (χ4v) is 4.46. The maximum absolute atomic E-state index is 13.1. The van der Waals surface area contributed by atoms with Crippen molar-refractivity contribution in [1.29, 1.82) is 0 Å². The van der Waals surface area contributed by atoms with E-state index in [-0.39, 0.29) is 11.9 Å². The minimum Gasteiger partial charge on any atom is -0.497 e. The lowest BCUT2D eigenvalue weighted by molar-refractivity contribution is -0.124. The van der Waals surface area contributed by atoms with Crippen LogP contribution in [0.2, 0.25) is 0 Å². The quantitative estimate of drug-likeness (QED) is 0.619. The predicted octanol–water partition coefficient (Wildman–Crippen LogP) is 4.25. The number of benzene rings is 2. The van der Waals surface area contributed by atoms with Crippen LogP contribution in [0.3, 0.4) is 0 Å². The van der Waals surface area contributed by atoms with Crippen molar-refractivity contribution >= 4 is 40.1 Å². The van der Waals surface area contributed by atoms with Crippen LogP contribution in [0.15, 0.2) is 36.0 Å². The van der Waals surface area contributed by atoms with Crippen molar-refractivity contribution in [3.8, 4) is 11.5 Å². The molecule has 1 saturated carbocycles. The predicted molar refractivity (Wildman–Crippen MR) is 114 cm³/mol. The summed E-state index contributed by atoms with van der Waals surface area (Å²) in [5, 5.41) is 5.63. The summed E-state index contributed by atoms with van der Waals surface area (Å²) in [4.78, 5) is 14.9. The molecule has 0 bridgehead atoms. The molecule has 146 valence electrons. The van der Waals surface area contributed by atoms with Crippen LogP contribution in [0, 0.1) is 0 Å². The van der Waals surface area contributed by atoms with Crippen molar-refractivity contribution in [1.82, 2.24) is 10.2 Å². The SMILES string of the molecule is COc1ccc2ccc(OC)c(C=C3NC(=S)N(C4CCCCC4)C3=O)c2c1. The van der Waals surface area contributed by atoms with Gasteiger partial charge in [-0.1, -0.05) is 31.4 Å². The Bertz CT molecular complexity index is 958. The molecule has 1 N–H and O–H groups in total.